The van der Waals surface area contributed by atoms with Crippen LogP contribution in [-0.4, -0.2) is 6.54 Å². The summed E-state index contributed by atoms with van der Waals surface area (Å²) in [4.78, 5) is 0. The summed E-state index contributed by atoms with van der Waals surface area (Å²) in [5, 5.41) is 0. The molecule has 1 aliphatic rings. The Balaban J connectivity index is 2.59. The van der Waals surface area contributed by atoms with E-state index in [1.165, 1.54) is 6.07 Å². The van der Waals surface area contributed by atoms with Gasteiger partial charge in [0, 0.05) is 12.0 Å². The van der Waals surface area contributed by atoms with Gasteiger partial charge in [-0.1, -0.05) is 12.1 Å². The molecule has 1 aliphatic carbocycles. The van der Waals surface area contributed by atoms with Crippen LogP contribution in [0.5, 0.6) is 0 Å². The molecule has 0 aromatic heterocycles. The van der Waals surface area contributed by atoms with E-state index in [9.17, 15) is 13.2 Å². The Morgan fingerprint density at radius 2 is 1.94 bits per heavy atom. The highest BCUT2D eigenvalue weighted by Gasteiger charge is 2.48. The summed E-state index contributed by atoms with van der Waals surface area (Å²) < 4.78 is 38.6. The van der Waals surface area contributed by atoms with Gasteiger partial charge in [0.15, 0.2) is 0 Å². The molecule has 1 saturated carbocycles. The highest BCUT2D eigenvalue weighted by atomic mass is 19.4. The van der Waals surface area contributed by atoms with Crippen LogP contribution in [0.25, 0.3) is 0 Å². The van der Waals surface area contributed by atoms with Gasteiger partial charge in [0.05, 0.1) is 5.56 Å². The molecule has 1 aromatic carbocycles. The molecule has 16 heavy (non-hydrogen) atoms. The van der Waals surface area contributed by atoms with Crippen molar-refractivity contribution < 1.29 is 13.2 Å². The molecule has 0 unspecified atom stereocenters. The van der Waals surface area contributed by atoms with E-state index in [1.807, 2.05) is 0 Å². The fourth-order valence-electron chi connectivity index (χ4n) is 2.31. The van der Waals surface area contributed by atoms with E-state index in [0.717, 1.165) is 18.9 Å². The van der Waals surface area contributed by atoms with Gasteiger partial charge in [0.25, 0.3) is 0 Å². The highest BCUT2D eigenvalue weighted by molar-refractivity contribution is 5.45. The first kappa shape index (κ1) is 11.5. The first-order valence-electron chi connectivity index (χ1n) is 5.28. The molecule has 0 saturated heterocycles. The zero-order valence-electron chi connectivity index (χ0n) is 9.06. The predicted octanol–water partition coefficient (Wildman–Crippen LogP) is 3.00. The van der Waals surface area contributed by atoms with Crippen molar-refractivity contribution >= 4 is 0 Å². The fourth-order valence-corrected chi connectivity index (χ4v) is 2.31. The van der Waals surface area contributed by atoms with Gasteiger partial charge in [-0.15, -0.1) is 0 Å². The molecular weight excluding hydrogens is 215 g/mol. The van der Waals surface area contributed by atoms with Gasteiger partial charge in [-0.05, 0) is 37.0 Å². The normalized spacial score (nSPS) is 18.6. The van der Waals surface area contributed by atoms with Crippen molar-refractivity contribution in [2.45, 2.75) is 31.4 Å². The van der Waals surface area contributed by atoms with Crippen LogP contribution >= 0.6 is 0 Å². The van der Waals surface area contributed by atoms with Gasteiger partial charge in [-0.25, -0.2) is 0 Å². The van der Waals surface area contributed by atoms with Gasteiger partial charge >= 0.3 is 6.18 Å². The van der Waals surface area contributed by atoms with Crippen LogP contribution in [0.15, 0.2) is 18.2 Å². The Kier molecular flexibility index (Phi) is 2.49. The summed E-state index contributed by atoms with van der Waals surface area (Å²) in [6.07, 6.45) is -2.76. The molecule has 1 aromatic rings. The largest absolute Gasteiger partial charge is 0.416 e. The van der Waals surface area contributed by atoms with Crippen LogP contribution in [0.1, 0.15) is 29.5 Å². The number of rotatable bonds is 2. The van der Waals surface area contributed by atoms with E-state index < -0.39 is 17.2 Å². The summed E-state index contributed by atoms with van der Waals surface area (Å²) in [5.41, 5.74) is 5.78. The van der Waals surface area contributed by atoms with Crippen LogP contribution in [0.3, 0.4) is 0 Å². The van der Waals surface area contributed by atoms with Crippen molar-refractivity contribution in [1.82, 2.24) is 0 Å². The lowest BCUT2D eigenvalue weighted by atomic mass is 9.87. The molecule has 4 heteroatoms. The first-order valence-corrected chi connectivity index (χ1v) is 5.28. The molecule has 2 N–H and O–H groups in total. The van der Waals surface area contributed by atoms with Crippen LogP contribution in [0.4, 0.5) is 13.2 Å². The van der Waals surface area contributed by atoms with Gasteiger partial charge in [-0.3, -0.25) is 0 Å². The Hall–Kier alpha value is -1.03. The molecule has 1 nitrogen and oxygen atoms in total. The maximum atomic E-state index is 12.9. The molecular formula is C12H14F3N. The van der Waals surface area contributed by atoms with Crippen molar-refractivity contribution in [2.75, 3.05) is 6.54 Å². The number of halogens is 3. The molecule has 1 fully saturated rings. The van der Waals surface area contributed by atoms with Crippen molar-refractivity contribution in [1.29, 1.82) is 0 Å². The van der Waals surface area contributed by atoms with Gasteiger partial charge < -0.3 is 5.73 Å². The third kappa shape index (κ3) is 1.71. The van der Waals surface area contributed by atoms with Crippen LogP contribution < -0.4 is 5.73 Å². The molecule has 0 atom stereocenters. The van der Waals surface area contributed by atoms with E-state index in [0.29, 0.717) is 17.7 Å². The molecule has 0 aliphatic heterocycles. The Morgan fingerprint density at radius 1 is 1.31 bits per heavy atom. The standard InChI is InChI=1S/C12H14F3N/c1-8-3-2-4-9(12(13,14)15)10(8)11(7-16)5-6-11/h2-4H,5-7,16H2,1H3. The smallest absolute Gasteiger partial charge is 0.330 e. The highest BCUT2D eigenvalue weighted by Crippen LogP contribution is 2.52. The quantitative estimate of drug-likeness (QED) is 0.828. The third-order valence-electron chi connectivity index (χ3n) is 3.35. The third-order valence-corrected chi connectivity index (χ3v) is 3.35. The average Bonchev–Trinajstić information content (AvgIpc) is 2.96. The molecule has 0 heterocycles. The fraction of sp³-hybridized carbons (Fsp3) is 0.500. The number of hydrogen-bond acceptors (Lipinski definition) is 1. The summed E-state index contributed by atoms with van der Waals surface area (Å²) in [7, 11) is 0. The zero-order valence-corrected chi connectivity index (χ0v) is 9.06. The Morgan fingerprint density at radius 3 is 2.38 bits per heavy atom. The minimum absolute atomic E-state index is 0.293. The molecule has 2 rings (SSSR count). The van der Waals surface area contributed by atoms with Crippen LogP contribution in [-0.2, 0) is 11.6 Å². The maximum Gasteiger partial charge on any atom is 0.416 e. The number of aryl methyl sites for hydroxylation is 1. The van der Waals surface area contributed by atoms with Crippen LogP contribution in [0.2, 0.25) is 0 Å². The second-order valence-electron chi connectivity index (χ2n) is 4.48. The number of benzene rings is 1. The van der Waals surface area contributed by atoms with Crippen molar-refractivity contribution in [3.8, 4) is 0 Å². The molecule has 0 spiro atoms. The molecule has 0 bridgehead atoms. The van der Waals surface area contributed by atoms with E-state index in [4.69, 9.17) is 5.73 Å². The van der Waals surface area contributed by atoms with Crippen LogP contribution in [0, 0.1) is 6.92 Å². The minimum Gasteiger partial charge on any atom is -0.330 e. The van der Waals surface area contributed by atoms with E-state index >= 15 is 0 Å². The van der Waals surface area contributed by atoms with Gasteiger partial charge in [0.1, 0.15) is 0 Å². The van der Waals surface area contributed by atoms with Crippen molar-refractivity contribution in [2.24, 2.45) is 5.73 Å². The second kappa shape index (κ2) is 3.48. The lowest BCUT2D eigenvalue weighted by molar-refractivity contribution is -0.138. The monoisotopic (exact) mass is 229 g/mol. The minimum atomic E-state index is -4.29. The summed E-state index contributed by atoms with van der Waals surface area (Å²) >= 11 is 0. The van der Waals surface area contributed by atoms with Crippen molar-refractivity contribution in [3.05, 3.63) is 34.9 Å². The Bertz CT molecular complexity index is 405. The summed E-state index contributed by atoms with van der Waals surface area (Å²) in [6, 6.07) is 4.33. The summed E-state index contributed by atoms with van der Waals surface area (Å²) in [6.45, 7) is 2.02. The zero-order chi connectivity index (χ0) is 12.0. The van der Waals surface area contributed by atoms with E-state index in [2.05, 4.69) is 0 Å². The summed E-state index contributed by atoms with van der Waals surface area (Å²) in [5.74, 6) is 0. The van der Waals surface area contributed by atoms with Crippen molar-refractivity contribution in [3.63, 3.8) is 0 Å². The topological polar surface area (TPSA) is 26.0 Å². The lowest BCUT2D eigenvalue weighted by Crippen LogP contribution is -2.25. The Labute approximate surface area is 92.5 Å². The number of hydrogen-bond donors (Lipinski definition) is 1. The molecule has 0 radical (unpaired) electrons. The lowest BCUT2D eigenvalue weighted by Gasteiger charge is -2.21. The molecule has 88 valence electrons. The maximum absolute atomic E-state index is 12.9. The van der Waals surface area contributed by atoms with E-state index in [-0.39, 0.29) is 0 Å². The van der Waals surface area contributed by atoms with Gasteiger partial charge in [-0.2, -0.15) is 13.2 Å². The van der Waals surface area contributed by atoms with E-state index in [1.54, 1.807) is 13.0 Å². The first-order chi connectivity index (χ1) is 7.41. The molecule has 0 amide bonds. The SMILES string of the molecule is Cc1cccc(C(F)(F)F)c1C1(CN)CC1. The number of alkyl halides is 3. The average molecular weight is 229 g/mol. The van der Waals surface area contributed by atoms with Gasteiger partial charge in [0.2, 0.25) is 0 Å². The number of nitrogens with two attached hydrogens (primary N) is 1. The second-order valence-corrected chi connectivity index (χ2v) is 4.48. The predicted molar refractivity (Wildman–Crippen MR) is 56.1 cm³/mol.